The lowest BCUT2D eigenvalue weighted by atomic mass is 9.81. The average Bonchev–Trinajstić information content (AvgIpc) is 2.05. The van der Waals surface area contributed by atoms with Crippen LogP contribution in [0.4, 0.5) is 0 Å². The van der Waals surface area contributed by atoms with Crippen molar-refractivity contribution < 1.29 is 4.74 Å². The first-order valence-corrected chi connectivity index (χ1v) is 5.99. The molecule has 82 valence electrons. The Bertz CT molecular complexity index is 185. The first kappa shape index (κ1) is 10.4. The van der Waals surface area contributed by atoms with E-state index >= 15 is 0 Å². The fourth-order valence-corrected chi connectivity index (χ4v) is 2.29. The summed E-state index contributed by atoms with van der Waals surface area (Å²) in [6, 6.07) is 0.692. The summed E-state index contributed by atoms with van der Waals surface area (Å²) >= 11 is 0. The summed E-state index contributed by atoms with van der Waals surface area (Å²) in [5.74, 6) is 1.02. The van der Waals surface area contributed by atoms with Crippen LogP contribution in [0.1, 0.15) is 39.5 Å². The van der Waals surface area contributed by atoms with Gasteiger partial charge in [0.1, 0.15) is 0 Å². The van der Waals surface area contributed by atoms with Crippen molar-refractivity contribution in [1.29, 1.82) is 0 Å². The summed E-state index contributed by atoms with van der Waals surface area (Å²) < 4.78 is 5.24. The molecule has 0 aromatic carbocycles. The van der Waals surface area contributed by atoms with Crippen molar-refractivity contribution in [3.8, 4) is 0 Å². The number of nitrogens with one attached hydrogen (secondary N) is 1. The Morgan fingerprint density at radius 1 is 1.43 bits per heavy atom. The van der Waals surface area contributed by atoms with E-state index < -0.39 is 0 Å². The van der Waals surface area contributed by atoms with Crippen molar-refractivity contribution in [2.45, 2.75) is 45.6 Å². The molecule has 0 aromatic rings. The van der Waals surface area contributed by atoms with E-state index in [1.165, 1.54) is 25.7 Å². The van der Waals surface area contributed by atoms with Crippen LogP contribution in [0.15, 0.2) is 0 Å². The molecule has 14 heavy (non-hydrogen) atoms. The van der Waals surface area contributed by atoms with Crippen molar-refractivity contribution in [2.75, 3.05) is 19.8 Å². The second-order valence-electron chi connectivity index (χ2n) is 5.62. The fourth-order valence-electron chi connectivity index (χ4n) is 2.29. The standard InChI is InChI=1S/C12H23NO/c1-10(6-11-4-3-5-11)13-7-12(2)8-14-9-12/h10-11,13H,3-9H2,1-2H3. The maximum atomic E-state index is 5.24. The van der Waals surface area contributed by atoms with Gasteiger partial charge in [0.25, 0.3) is 0 Å². The van der Waals surface area contributed by atoms with Crippen molar-refractivity contribution in [1.82, 2.24) is 5.32 Å². The Labute approximate surface area is 87.4 Å². The van der Waals surface area contributed by atoms with E-state index in [0.29, 0.717) is 11.5 Å². The maximum Gasteiger partial charge on any atom is 0.0554 e. The molecule has 0 spiro atoms. The average molecular weight is 197 g/mol. The van der Waals surface area contributed by atoms with Gasteiger partial charge in [-0.1, -0.05) is 26.2 Å². The van der Waals surface area contributed by atoms with Gasteiger partial charge >= 0.3 is 0 Å². The van der Waals surface area contributed by atoms with Crippen LogP contribution in [0, 0.1) is 11.3 Å². The highest BCUT2D eigenvalue weighted by molar-refractivity contribution is 4.84. The molecule has 2 fully saturated rings. The third kappa shape index (κ3) is 2.48. The van der Waals surface area contributed by atoms with Crippen LogP contribution in [0.2, 0.25) is 0 Å². The molecule has 0 bridgehead atoms. The quantitative estimate of drug-likeness (QED) is 0.729. The fraction of sp³-hybridized carbons (Fsp3) is 1.00. The van der Waals surface area contributed by atoms with Gasteiger partial charge in [-0.05, 0) is 19.3 Å². The molecule has 1 saturated carbocycles. The van der Waals surface area contributed by atoms with Gasteiger partial charge in [-0.2, -0.15) is 0 Å². The molecule has 1 saturated heterocycles. The number of hydrogen-bond donors (Lipinski definition) is 1. The summed E-state index contributed by atoms with van der Waals surface area (Å²) in [6.45, 7) is 7.63. The van der Waals surface area contributed by atoms with E-state index in [1.807, 2.05) is 0 Å². The second-order valence-corrected chi connectivity index (χ2v) is 5.62. The lowest BCUT2D eigenvalue weighted by Gasteiger charge is -2.39. The van der Waals surface area contributed by atoms with E-state index in [0.717, 1.165) is 25.7 Å². The Morgan fingerprint density at radius 2 is 2.14 bits per heavy atom. The molecule has 2 aliphatic rings. The maximum absolute atomic E-state index is 5.24. The van der Waals surface area contributed by atoms with Crippen molar-refractivity contribution in [3.05, 3.63) is 0 Å². The zero-order chi connectivity index (χ0) is 10.0. The first-order chi connectivity index (χ1) is 6.68. The highest BCUT2D eigenvalue weighted by Crippen LogP contribution is 2.31. The van der Waals surface area contributed by atoms with Crippen molar-refractivity contribution in [3.63, 3.8) is 0 Å². The van der Waals surface area contributed by atoms with Gasteiger partial charge < -0.3 is 10.1 Å². The van der Waals surface area contributed by atoms with Crippen LogP contribution < -0.4 is 5.32 Å². The Kier molecular flexibility index (Phi) is 3.13. The molecular formula is C12H23NO. The number of rotatable bonds is 5. The van der Waals surface area contributed by atoms with E-state index in [9.17, 15) is 0 Å². The van der Waals surface area contributed by atoms with Crippen LogP contribution in [0.5, 0.6) is 0 Å². The Hall–Kier alpha value is -0.0800. The summed E-state index contributed by atoms with van der Waals surface area (Å²) in [7, 11) is 0. The zero-order valence-electron chi connectivity index (χ0n) is 9.51. The zero-order valence-corrected chi connectivity index (χ0v) is 9.51. The van der Waals surface area contributed by atoms with E-state index in [1.54, 1.807) is 0 Å². The highest BCUT2D eigenvalue weighted by Gasteiger charge is 2.33. The van der Waals surface area contributed by atoms with Crippen molar-refractivity contribution >= 4 is 0 Å². The molecule has 1 heterocycles. The minimum absolute atomic E-state index is 0.424. The van der Waals surface area contributed by atoms with Crippen LogP contribution in [-0.4, -0.2) is 25.8 Å². The number of ether oxygens (including phenoxy) is 1. The van der Waals surface area contributed by atoms with Crippen LogP contribution in [-0.2, 0) is 4.74 Å². The predicted molar refractivity (Wildman–Crippen MR) is 58.3 cm³/mol. The minimum atomic E-state index is 0.424. The molecule has 1 atom stereocenters. The van der Waals surface area contributed by atoms with E-state index in [-0.39, 0.29) is 0 Å². The van der Waals surface area contributed by atoms with Gasteiger partial charge in [-0.25, -0.2) is 0 Å². The summed E-state index contributed by atoms with van der Waals surface area (Å²) in [6.07, 6.45) is 5.76. The van der Waals surface area contributed by atoms with E-state index in [2.05, 4.69) is 19.2 Å². The molecule has 1 unspecified atom stereocenters. The molecule has 2 nitrogen and oxygen atoms in total. The van der Waals surface area contributed by atoms with E-state index in [4.69, 9.17) is 4.74 Å². The number of hydrogen-bond acceptors (Lipinski definition) is 2. The predicted octanol–water partition coefficient (Wildman–Crippen LogP) is 2.19. The molecule has 0 aromatic heterocycles. The van der Waals surface area contributed by atoms with Crippen LogP contribution in [0.25, 0.3) is 0 Å². The van der Waals surface area contributed by atoms with Gasteiger partial charge in [-0.3, -0.25) is 0 Å². The summed E-state index contributed by atoms with van der Waals surface area (Å²) in [5.41, 5.74) is 0.424. The molecule has 2 rings (SSSR count). The van der Waals surface area contributed by atoms with Crippen LogP contribution in [0.3, 0.4) is 0 Å². The third-order valence-electron chi connectivity index (χ3n) is 3.69. The Balaban J connectivity index is 1.59. The van der Waals surface area contributed by atoms with Crippen molar-refractivity contribution in [2.24, 2.45) is 11.3 Å². The third-order valence-corrected chi connectivity index (χ3v) is 3.69. The van der Waals surface area contributed by atoms with Crippen LogP contribution >= 0.6 is 0 Å². The summed E-state index contributed by atoms with van der Waals surface area (Å²) in [5, 5.41) is 3.64. The molecule has 1 N–H and O–H groups in total. The molecule has 2 heteroatoms. The first-order valence-electron chi connectivity index (χ1n) is 5.99. The molecule has 0 amide bonds. The highest BCUT2D eigenvalue weighted by atomic mass is 16.5. The summed E-state index contributed by atoms with van der Waals surface area (Å²) in [4.78, 5) is 0. The van der Waals surface area contributed by atoms with Gasteiger partial charge in [0.2, 0.25) is 0 Å². The molecule has 1 aliphatic carbocycles. The second kappa shape index (κ2) is 4.19. The normalized spacial score (nSPS) is 27.9. The largest absolute Gasteiger partial charge is 0.380 e. The molecule has 0 radical (unpaired) electrons. The monoisotopic (exact) mass is 197 g/mol. The topological polar surface area (TPSA) is 21.3 Å². The smallest absolute Gasteiger partial charge is 0.0554 e. The SMILES string of the molecule is CC(CC1CCC1)NCC1(C)COC1. The van der Waals surface area contributed by atoms with Gasteiger partial charge in [0, 0.05) is 18.0 Å². The van der Waals surface area contributed by atoms with Gasteiger partial charge in [0.05, 0.1) is 13.2 Å². The minimum Gasteiger partial charge on any atom is -0.380 e. The Morgan fingerprint density at radius 3 is 2.57 bits per heavy atom. The molecule has 1 aliphatic heterocycles. The molecular weight excluding hydrogens is 174 g/mol. The lowest BCUT2D eigenvalue weighted by Crippen LogP contribution is -2.49. The lowest BCUT2D eigenvalue weighted by molar-refractivity contribution is -0.100. The van der Waals surface area contributed by atoms with Gasteiger partial charge in [0.15, 0.2) is 0 Å². The van der Waals surface area contributed by atoms with Gasteiger partial charge in [-0.15, -0.1) is 0 Å².